The van der Waals surface area contributed by atoms with Gasteiger partial charge in [-0.3, -0.25) is 9.78 Å². The molecule has 1 aromatic heterocycles. The first-order valence-corrected chi connectivity index (χ1v) is 8.72. The molecule has 3 rings (SSSR count). The number of benzene rings is 2. The maximum absolute atomic E-state index is 12.1. The summed E-state index contributed by atoms with van der Waals surface area (Å²) in [5.41, 5.74) is 3.99. The minimum atomic E-state index is -0.196. The predicted octanol–water partition coefficient (Wildman–Crippen LogP) is 4.29. The molecule has 0 radical (unpaired) electrons. The molecule has 1 heterocycles. The van der Waals surface area contributed by atoms with Crippen LogP contribution in [0.4, 0.5) is 5.69 Å². The van der Waals surface area contributed by atoms with Gasteiger partial charge in [-0.05, 0) is 55.8 Å². The van der Waals surface area contributed by atoms with Crippen molar-refractivity contribution >= 4 is 11.6 Å². The SMILES string of the molecule is Cc1ccc(NC(=O)COc2ccc(OCc3cccnc3)cc2)c(C)c1. The third-order valence-corrected chi connectivity index (χ3v) is 3.98. The number of anilines is 1. The topological polar surface area (TPSA) is 60.5 Å². The van der Waals surface area contributed by atoms with Crippen LogP contribution in [0, 0.1) is 13.8 Å². The molecule has 0 saturated heterocycles. The second-order valence-corrected chi connectivity index (χ2v) is 6.28. The van der Waals surface area contributed by atoms with Gasteiger partial charge in [0.1, 0.15) is 18.1 Å². The molecule has 3 aromatic rings. The minimum absolute atomic E-state index is 0.0524. The molecular weight excluding hydrogens is 340 g/mol. The lowest BCUT2D eigenvalue weighted by Gasteiger charge is -2.11. The Bertz CT molecular complexity index is 893. The van der Waals surface area contributed by atoms with Gasteiger partial charge in [0.15, 0.2) is 6.61 Å². The highest BCUT2D eigenvalue weighted by atomic mass is 16.5. The van der Waals surface area contributed by atoms with Crippen LogP contribution in [0.2, 0.25) is 0 Å². The standard InChI is InChI=1S/C22H22N2O3/c1-16-5-10-21(17(2)12-16)24-22(25)15-27-20-8-6-19(7-9-20)26-14-18-4-3-11-23-13-18/h3-13H,14-15H2,1-2H3,(H,24,25). The van der Waals surface area contributed by atoms with Crippen LogP contribution in [0.3, 0.4) is 0 Å². The molecule has 0 bridgehead atoms. The molecule has 0 saturated carbocycles. The summed E-state index contributed by atoms with van der Waals surface area (Å²) in [6, 6.07) is 16.9. The normalized spacial score (nSPS) is 10.3. The van der Waals surface area contributed by atoms with E-state index in [-0.39, 0.29) is 12.5 Å². The summed E-state index contributed by atoms with van der Waals surface area (Å²) in [5.74, 6) is 1.14. The zero-order valence-electron chi connectivity index (χ0n) is 15.4. The zero-order chi connectivity index (χ0) is 19.1. The van der Waals surface area contributed by atoms with Crippen LogP contribution in [0.15, 0.2) is 67.0 Å². The molecule has 0 spiro atoms. The van der Waals surface area contributed by atoms with E-state index < -0.39 is 0 Å². The van der Waals surface area contributed by atoms with Gasteiger partial charge in [-0.15, -0.1) is 0 Å². The third kappa shape index (κ3) is 5.57. The molecule has 2 aromatic carbocycles. The summed E-state index contributed by atoms with van der Waals surface area (Å²) in [7, 11) is 0. The number of pyridine rings is 1. The highest BCUT2D eigenvalue weighted by Crippen LogP contribution is 2.19. The first-order valence-electron chi connectivity index (χ1n) is 8.72. The van der Waals surface area contributed by atoms with Gasteiger partial charge in [0.05, 0.1) is 0 Å². The Balaban J connectivity index is 1.47. The molecule has 5 nitrogen and oxygen atoms in total. The smallest absolute Gasteiger partial charge is 0.262 e. The highest BCUT2D eigenvalue weighted by molar-refractivity contribution is 5.92. The van der Waals surface area contributed by atoms with Gasteiger partial charge in [0, 0.05) is 23.6 Å². The fraction of sp³-hybridized carbons (Fsp3) is 0.182. The molecule has 0 fully saturated rings. The Labute approximate surface area is 159 Å². The minimum Gasteiger partial charge on any atom is -0.489 e. The van der Waals surface area contributed by atoms with E-state index in [1.165, 1.54) is 0 Å². The molecule has 0 unspecified atom stereocenters. The van der Waals surface area contributed by atoms with Crippen molar-refractivity contribution in [1.82, 2.24) is 4.98 Å². The van der Waals surface area contributed by atoms with E-state index in [0.29, 0.717) is 12.4 Å². The van der Waals surface area contributed by atoms with Crippen LogP contribution >= 0.6 is 0 Å². The number of aromatic nitrogens is 1. The monoisotopic (exact) mass is 362 g/mol. The van der Waals surface area contributed by atoms with Crippen LogP contribution in [0.1, 0.15) is 16.7 Å². The lowest BCUT2D eigenvalue weighted by Crippen LogP contribution is -2.20. The van der Waals surface area contributed by atoms with Crippen molar-refractivity contribution < 1.29 is 14.3 Å². The van der Waals surface area contributed by atoms with Gasteiger partial charge in [-0.2, -0.15) is 0 Å². The highest BCUT2D eigenvalue weighted by Gasteiger charge is 2.06. The zero-order valence-corrected chi connectivity index (χ0v) is 15.4. The summed E-state index contributed by atoms with van der Waals surface area (Å²) in [5, 5.41) is 2.86. The van der Waals surface area contributed by atoms with E-state index in [1.807, 2.05) is 56.3 Å². The molecule has 1 N–H and O–H groups in total. The summed E-state index contributed by atoms with van der Waals surface area (Å²) in [4.78, 5) is 16.1. The number of nitrogens with one attached hydrogen (secondary N) is 1. The average Bonchev–Trinajstić information content (AvgIpc) is 2.68. The number of carbonyl (C=O) groups excluding carboxylic acids is 1. The first-order chi connectivity index (χ1) is 13.1. The van der Waals surface area contributed by atoms with Gasteiger partial charge < -0.3 is 14.8 Å². The lowest BCUT2D eigenvalue weighted by molar-refractivity contribution is -0.118. The van der Waals surface area contributed by atoms with Crippen LogP contribution in [-0.2, 0) is 11.4 Å². The van der Waals surface area contributed by atoms with Crippen LogP contribution in [0.5, 0.6) is 11.5 Å². The van der Waals surface area contributed by atoms with Crippen molar-refractivity contribution in [2.24, 2.45) is 0 Å². The Kier molecular flexibility index (Phi) is 6.05. The molecule has 27 heavy (non-hydrogen) atoms. The van der Waals surface area contributed by atoms with Crippen LogP contribution in [-0.4, -0.2) is 17.5 Å². The molecule has 5 heteroatoms. The van der Waals surface area contributed by atoms with E-state index in [4.69, 9.17) is 9.47 Å². The molecule has 0 aliphatic rings. The fourth-order valence-electron chi connectivity index (χ4n) is 2.57. The Hall–Kier alpha value is -3.34. The number of aryl methyl sites for hydroxylation is 2. The van der Waals surface area contributed by atoms with Crippen molar-refractivity contribution in [2.45, 2.75) is 20.5 Å². The molecule has 0 aliphatic carbocycles. The fourth-order valence-corrected chi connectivity index (χ4v) is 2.57. The van der Waals surface area contributed by atoms with E-state index in [2.05, 4.69) is 10.3 Å². The third-order valence-electron chi connectivity index (χ3n) is 3.98. The number of ether oxygens (including phenoxy) is 2. The van der Waals surface area contributed by atoms with Gasteiger partial charge in [-0.1, -0.05) is 23.8 Å². The van der Waals surface area contributed by atoms with Crippen LogP contribution in [0.25, 0.3) is 0 Å². The first kappa shape index (κ1) is 18.5. The maximum Gasteiger partial charge on any atom is 0.262 e. The number of rotatable bonds is 7. The van der Waals surface area contributed by atoms with Crippen molar-refractivity contribution in [2.75, 3.05) is 11.9 Å². The summed E-state index contributed by atoms with van der Waals surface area (Å²) in [6.45, 7) is 4.38. The Morgan fingerprint density at radius 1 is 1.00 bits per heavy atom. The average molecular weight is 362 g/mol. The van der Waals surface area contributed by atoms with Crippen molar-refractivity contribution in [3.8, 4) is 11.5 Å². The maximum atomic E-state index is 12.1. The number of nitrogens with zero attached hydrogens (tertiary/aromatic N) is 1. The predicted molar refractivity (Wildman–Crippen MR) is 105 cm³/mol. The molecule has 0 aliphatic heterocycles. The van der Waals surface area contributed by atoms with E-state index >= 15 is 0 Å². The van der Waals surface area contributed by atoms with E-state index in [1.54, 1.807) is 24.5 Å². The Morgan fingerprint density at radius 2 is 1.74 bits per heavy atom. The molecule has 1 amide bonds. The van der Waals surface area contributed by atoms with Gasteiger partial charge in [0.25, 0.3) is 5.91 Å². The summed E-state index contributed by atoms with van der Waals surface area (Å²) in [6.07, 6.45) is 3.50. The van der Waals surface area contributed by atoms with Crippen molar-refractivity contribution in [3.63, 3.8) is 0 Å². The van der Waals surface area contributed by atoms with Gasteiger partial charge >= 0.3 is 0 Å². The molecule has 0 atom stereocenters. The number of carbonyl (C=O) groups is 1. The number of hydrogen-bond acceptors (Lipinski definition) is 4. The second kappa shape index (κ2) is 8.85. The largest absolute Gasteiger partial charge is 0.489 e. The van der Waals surface area contributed by atoms with Crippen LogP contribution < -0.4 is 14.8 Å². The second-order valence-electron chi connectivity index (χ2n) is 6.28. The van der Waals surface area contributed by atoms with E-state index in [9.17, 15) is 4.79 Å². The van der Waals surface area contributed by atoms with Gasteiger partial charge in [0.2, 0.25) is 0 Å². The van der Waals surface area contributed by atoms with Gasteiger partial charge in [-0.25, -0.2) is 0 Å². The summed E-state index contributed by atoms with van der Waals surface area (Å²) < 4.78 is 11.2. The molecule has 138 valence electrons. The number of hydrogen-bond donors (Lipinski definition) is 1. The van der Waals surface area contributed by atoms with E-state index in [0.717, 1.165) is 28.1 Å². The van der Waals surface area contributed by atoms with Crippen molar-refractivity contribution in [1.29, 1.82) is 0 Å². The molecular formula is C22H22N2O3. The Morgan fingerprint density at radius 3 is 2.41 bits per heavy atom. The quantitative estimate of drug-likeness (QED) is 0.681. The number of amides is 1. The lowest BCUT2D eigenvalue weighted by atomic mass is 10.1. The summed E-state index contributed by atoms with van der Waals surface area (Å²) >= 11 is 0. The van der Waals surface area contributed by atoms with Crippen molar-refractivity contribution in [3.05, 3.63) is 83.7 Å².